The van der Waals surface area contributed by atoms with Crippen LogP contribution in [-0.4, -0.2) is 28.2 Å². The maximum Gasteiger partial charge on any atom is 0.156 e. The Morgan fingerprint density at radius 3 is 3.00 bits per heavy atom. The number of hydrogen-bond acceptors (Lipinski definition) is 4. The second-order valence-corrected chi connectivity index (χ2v) is 4.69. The Morgan fingerprint density at radius 2 is 2.19 bits per heavy atom. The number of fused-ring (bicyclic) bond motifs is 1. The molecule has 0 amide bonds. The Kier molecular flexibility index (Phi) is 3.62. The Bertz CT molecular complexity index is 467. The number of hydrogen-bond donors (Lipinski definition) is 1. The minimum Gasteiger partial charge on any atom is -0.365 e. The summed E-state index contributed by atoms with van der Waals surface area (Å²) in [6.45, 7) is 2.15. The van der Waals surface area contributed by atoms with E-state index < -0.39 is 0 Å². The first-order chi connectivity index (χ1) is 7.81. The topological polar surface area (TPSA) is 37.8 Å². The second kappa shape index (κ2) is 5.16. The van der Waals surface area contributed by atoms with Gasteiger partial charge in [0.1, 0.15) is 0 Å². The Morgan fingerprint density at radius 1 is 1.38 bits per heavy atom. The van der Waals surface area contributed by atoms with Gasteiger partial charge >= 0.3 is 0 Å². The predicted octanol–water partition coefficient (Wildman–Crippen LogP) is 2.79. The minimum atomic E-state index is 0.398. The summed E-state index contributed by atoms with van der Waals surface area (Å²) >= 11 is 1.82. The first-order valence-electron chi connectivity index (χ1n) is 5.27. The average molecular weight is 233 g/mol. The number of benzene rings is 1. The van der Waals surface area contributed by atoms with Gasteiger partial charge in [-0.2, -0.15) is 16.9 Å². The lowest BCUT2D eigenvalue weighted by Gasteiger charge is -2.13. The fourth-order valence-corrected chi connectivity index (χ4v) is 2.24. The van der Waals surface area contributed by atoms with Gasteiger partial charge in [0, 0.05) is 22.6 Å². The van der Waals surface area contributed by atoms with Crippen LogP contribution in [0.5, 0.6) is 0 Å². The summed E-state index contributed by atoms with van der Waals surface area (Å²) in [5.74, 6) is 1.94. The van der Waals surface area contributed by atoms with Crippen LogP contribution >= 0.6 is 11.8 Å². The molecule has 0 aliphatic carbocycles. The van der Waals surface area contributed by atoms with Crippen LogP contribution in [0.4, 0.5) is 5.82 Å². The first kappa shape index (κ1) is 11.2. The maximum atomic E-state index is 4.16. The van der Waals surface area contributed by atoms with Crippen molar-refractivity contribution >= 4 is 28.4 Å². The van der Waals surface area contributed by atoms with Crippen molar-refractivity contribution in [2.45, 2.75) is 13.0 Å². The molecule has 0 saturated carbocycles. The molecule has 2 rings (SSSR count). The smallest absolute Gasteiger partial charge is 0.156 e. The fourth-order valence-electron chi connectivity index (χ4n) is 1.66. The van der Waals surface area contributed by atoms with E-state index in [0.717, 1.165) is 22.3 Å². The van der Waals surface area contributed by atoms with Crippen molar-refractivity contribution < 1.29 is 0 Å². The normalized spacial score (nSPS) is 12.6. The van der Waals surface area contributed by atoms with E-state index in [-0.39, 0.29) is 0 Å². The van der Waals surface area contributed by atoms with Crippen LogP contribution < -0.4 is 5.32 Å². The van der Waals surface area contributed by atoms with E-state index in [4.69, 9.17) is 0 Å². The molecule has 0 fully saturated rings. The molecular weight excluding hydrogens is 218 g/mol. The highest BCUT2D eigenvalue weighted by atomic mass is 32.2. The van der Waals surface area contributed by atoms with Crippen LogP contribution in [0.3, 0.4) is 0 Å². The Hall–Kier alpha value is -1.29. The minimum absolute atomic E-state index is 0.398. The van der Waals surface area contributed by atoms with E-state index in [1.165, 1.54) is 0 Å². The van der Waals surface area contributed by atoms with Gasteiger partial charge in [0.2, 0.25) is 0 Å². The van der Waals surface area contributed by atoms with Gasteiger partial charge in [-0.05, 0) is 13.2 Å². The molecule has 2 aromatic rings. The molecule has 1 aromatic carbocycles. The number of anilines is 1. The van der Waals surface area contributed by atoms with Crippen LogP contribution in [0.25, 0.3) is 10.8 Å². The Balaban J connectivity index is 2.30. The molecule has 16 heavy (non-hydrogen) atoms. The molecule has 0 aliphatic rings. The molecule has 84 valence electrons. The molecule has 0 spiro atoms. The SMILES string of the molecule is CSCC(C)Nc1nncc2ccccc12. The van der Waals surface area contributed by atoms with Crippen molar-refractivity contribution in [3.8, 4) is 0 Å². The van der Waals surface area contributed by atoms with Gasteiger partial charge in [-0.25, -0.2) is 0 Å². The summed E-state index contributed by atoms with van der Waals surface area (Å²) < 4.78 is 0. The van der Waals surface area contributed by atoms with Crippen LogP contribution in [0.15, 0.2) is 30.5 Å². The summed E-state index contributed by atoms with van der Waals surface area (Å²) in [6.07, 6.45) is 3.90. The van der Waals surface area contributed by atoms with Gasteiger partial charge in [-0.3, -0.25) is 0 Å². The van der Waals surface area contributed by atoms with Crippen molar-refractivity contribution in [2.75, 3.05) is 17.3 Å². The second-order valence-electron chi connectivity index (χ2n) is 3.78. The summed E-state index contributed by atoms with van der Waals surface area (Å²) in [7, 11) is 0. The highest BCUT2D eigenvalue weighted by Gasteiger charge is 2.06. The zero-order chi connectivity index (χ0) is 11.4. The van der Waals surface area contributed by atoms with Crippen molar-refractivity contribution in [1.29, 1.82) is 0 Å². The summed E-state index contributed by atoms with van der Waals surface area (Å²) in [5.41, 5.74) is 0. The Labute approximate surface area is 99.7 Å². The van der Waals surface area contributed by atoms with Crippen molar-refractivity contribution in [1.82, 2.24) is 10.2 Å². The maximum absolute atomic E-state index is 4.16. The van der Waals surface area contributed by atoms with E-state index in [1.54, 1.807) is 6.20 Å². The number of nitrogens with one attached hydrogen (secondary N) is 1. The zero-order valence-electron chi connectivity index (χ0n) is 9.47. The van der Waals surface area contributed by atoms with Gasteiger partial charge < -0.3 is 5.32 Å². The van der Waals surface area contributed by atoms with Crippen molar-refractivity contribution in [2.24, 2.45) is 0 Å². The lowest BCUT2D eigenvalue weighted by Crippen LogP contribution is -2.18. The molecule has 3 nitrogen and oxygen atoms in total. The third kappa shape index (κ3) is 2.44. The molecule has 1 unspecified atom stereocenters. The molecular formula is C12H15N3S. The van der Waals surface area contributed by atoms with Gasteiger partial charge in [0.05, 0.1) is 6.20 Å². The highest BCUT2D eigenvalue weighted by molar-refractivity contribution is 7.98. The van der Waals surface area contributed by atoms with Gasteiger partial charge in [-0.1, -0.05) is 24.3 Å². The molecule has 1 N–H and O–H groups in total. The van der Waals surface area contributed by atoms with E-state index in [1.807, 2.05) is 23.9 Å². The molecule has 1 heterocycles. The van der Waals surface area contributed by atoms with E-state index >= 15 is 0 Å². The van der Waals surface area contributed by atoms with Gasteiger partial charge in [0.25, 0.3) is 0 Å². The monoisotopic (exact) mass is 233 g/mol. The van der Waals surface area contributed by atoms with Crippen LogP contribution in [0, 0.1) is 0 Å². The van der Waals surface area contributed by atoms with Crippen LogP contribution in [-0.2, 0) is 0 Å². The molecule has 0 saturated heterocycles. The lowest BCUT2D eigenvalue weighted by molar-refractivity contribution is 0.891. The number of rotatable bonds is 4. The molecule has 0 bridgehead atoms. The summed E-state index contributed by atoms with van der Waals surface area (Å²) in [4.78, 5) is 0. The third-order valence-corrected chi connectivity index (χ3v) is 3.20. The summed E-state index contributed by atoms with van der Waals surface area (Å²) in [6, 6.07) is 8.55. The lowest BCUT2D eigenvalue weighted by atomic mass is 10.2. The number of nitrogens with zero attached hydrogens (tertiary/aromatic N) is 2. The number of thioether (sulfide) groups is 1. The molecule has 1 aromatic heterocycles. The van der Waals surface area contributed by atoms with E-state index in [9.17, 15) is 0 Å². The predicted molar refractivity (Wildman–Crippen MR) is 71.0 cm³/mol. The van der Waals surface area contributed by atoms with Crippen LogP contribution in [0.2, 0.25) is 0 Å². The standard InChI is InChI=1S/C12H15N3S/c1-9(8-16-2)14-12-11-6-4-3-5-10(11)7-13-15-12/h3-7,9H,8H2,1-2H3,(H,14,15). The molecule has 1 atom stereocenters. The fraction of sp³-hybridized carbons (Fsp3) is 0.333. The van der Waals surface area contributed by atoms with Crippen LogP contribution in [0.1, 0.15) is 6.92 Å². The average Bonchev–Trinajstić information content (AvgIpc) is 2.30. The van der Waals surface area contributed by atoms with E-state index in [2.05, 4.69) is 40.8 Å². The quantitative estimate of drug-likeness (QED) is 0.881. The highest BCUT2D eigenvalue weighted by Crippen LogP contribution is 2.20. The zero-order valence-corrected chi connectivity index (χ0v) is 10.3. The van der Waals surface area contributed by atoms with Crippen molar-refractivity contribution in [3.05, 3.63) is 30.5 Å². The van der Waals surface area contributed by atoms with E-state index in [0.29, 0.717) is 6.04 Å². The largest absolute Gasteiger partial charge is 0.365 e. The number of aromatic nitrogens is 2. The third-order valence-electron chi connectivity index (χ3n) is 2.37. The summed E-state index contributed by atoms with van der Waals surface area (Å²) in [5, 5.41) is 13.8. The molecule has 4 heteroatoms. The first-order valence-corrected chi connectivity index (χ1v) is 6.66. The van der Waals surface area contributed by atoms with Gasteiger partial charge in [0.15, 0.2) is 5.82 Å². The van der Waals surface area contributed by atoms with Crippen molar-refractivity contribution in [3.63, 3.8) is 0 Å². The van der Waals surface area contributed by atoms with Gasteiger partial charge in [-0.15, -0.1) is 5.10 Å². The molecule has 0 aliphatic heterocycles. The molecule has 0 radical (unpaired) electrons.